The maximum absolute atomic E-state index is 13.1. The molecule has 0 bridgehead atoms. The van der Waals surface area contributed by atoms with Crippen LogP contribution in [0.4, 0.5) is 14.5 Å². The number of carbonyl (C=O) groups excluding carboxylic acids is 2. The van der Waals surface area contributed by atoms with Crippen molar-refractivity contribution in [2.45, 2.75) is 0 Å². The van der Waals surface area contributed by atoms with E-state index in [-0.39, 0.29) is 17.0 Å². The lowest BCUT2D eigenvalue weighted by molar-refractivity contribution is -0.119. The molecule has 0 spiro atoms. The van der Waals surface area contributed by atoms with Gasteiger partial charge in [0.2, 0.25) is 5.76 Å². The number of nitrogens with one attached hydrogen (secondary N) is 1. The molecule has 0 saturated heterocycles. The largest absolute Gasteiger partial charge is 0.450 e. The van der Waals surface area contributed by atoms with Gasteiger partial charge in [0.05, 0.1) is 5.39 Å². The summed E-state index contributed by atoms with van der Waals surface area (Å²) in [7, 11) is 0. The van der Waals surface area contributed by atoms with Crippen molar-refractivity contribution in [2.24, 2.45) is 0 Å². The van der Waals surface area contributed by atoms with Crippen LogP contribution in [-0.2, 0) is 9.53 Å². The number of esters is 1. The Morgan fingerprint density at radius 2 is 1.81 bits per heavy atom. The van der Waals surface area contributed by atoms with E-state index in [1.54, 1.807) is 18.2 Å². The number of rotatable bonds is 4. The lowest BCUT2D eigenvalue weighted by Gasteiger charge is -2.07. The first-order chi connectivity index (χ1) is 12.4. The lowest BCUT2D eigenvalue weighted by atomic mass is 10.2. The Morgan fingerprint density at radius 1 is 1.04 bits per heavy atom. The molecule has 1 heterocycles. The normalized spacial score (nSPS) is 10.5. The van der Waals surface area contributed by atoms with Crippen molar-refractivity contribution in [3.63, 3.8) is 0 Å². The molecule has 0 aliphatic carbocycles. The summed E-state index contributed by atoms with van der Waals surface area (Å²) in [5.74, 6) is -4.31. The van der Waals surface area contributed by atoms with Crippen LogP contribution >= 0.6 is 0 Å². The van der Waals surface area contributed by atoms with Gasteiger partial charge in [-0.25, -0.2) is 13.6 Å². The summed E-state index contributed by atoms with van der Waals surface area (Å²) in [6, 6.07) is 10.1. The summed E-state index contributed by atoms with van der Waals surface area (Å²) < 4.78 is 36.0. The third kappa shape index (κ3) is 3.75. The van der Waals surface area contributed by atoms with Gasteiger partial charge in [0.25, 0.3) is 5.91 Å². The van der Waals surface area contributed by atoms with Crippen LogP contribution in [0.5, 0.6) is 0 Å². The third-order valence-electron chi connectivity index (χ3n) is 3.37. The maximum atomic E-state index is 13.1. The molecule has 0 aliphatic rings. The number of carbonyl (C=O) groups is 2. The van der Waals surface area contributed by atoms with Crippen molar-refractivity contribution in [2.75, 3.05) is 11.9 Å². The average Bonchev–Trinajstić information content (AvgIpc) is 2.63. The number of anilines is 1. The minimum Gasteiger partial charge on any atom is -0.450 e. The van der Waals surface area contributed by atoms with E-state index in [2.05, 4.69) is 5.32 Å². The highest BCUT2D eigenvalue weighted by Crippen LogP contribution is 2.14. The van der Waals surface area contributed by atoms with Crippen LogP contribution in [0.15, 0.2) is 57.7 Å². The van der Waals surface area contributed by atoms with Gasteiger partial charge in [0.1, 0.15) is 5.58 Å². The molecule has 0 atom stereocenters. The van der Waals surface area contributed by atoms with Crippen LogP contribution < -0.4 is 10.7 Å². The molecule has 6 nitrogen and oxygen atoms in total. The molecule has 132 valence electrons. The molecular formula is C18H11F2NO5. The van der Waals surface area contributed by atoms with Crippen LogP contribution in [-0.4, -0.2) is 18.5 Å². The number of hydrogen-bond donors (Lipinski definition) is 1. The van der Waals surface area contributed by atoms with Gasteiger partial charge in [-0.15, -0.1) is 0 Å². The van der Waals surface area contributed by atoms with E-state index < -0.39 is 35.5 Å². The second-order valence-corrected chi connectivity index (χ2v) is 5.22. The molecule has 0 saturated carbocycles. The van der Waals surface area contributed by atoms with Gasteiger partial charge in [-0.1, -0.05) is 12.1 Å². The Kier molecular flexibility index (Phi) is 4.74. The van der Waals surface area contributed by atoms with Crippen LogP contribution in [0.1, 0.15) is 10.6 Å². The summed E-state index contributed by atoms with van der Waals surface area (Å²) in [4.78, 5) is 35.6. The van der Waals surface area contributed by atoms with E-state index in [0.29, 0.717) is 5.39 Å². The van der Waals surface area contributed by atoms with Gasteiger partial charge < -0.3 is 14.5 Å². The summed E-state index contributed by atoms with van der Waals surface area (Å²) in [5, 5.41) is 2.55. The molecule has 3 aromatic rings. The maximum Gasteiger partial charge on any atom is 0.374 e. The summed E-state index contributed by atoms with van der Waals surface area (Å²) in [5.41, 5.74) is -0.217. The van der Waals surface area contributed by atoms with Crippen LogP contribution in [0.2, 0.25) is 0 Å². The predicted octanol–water partition coefficient (Wildman–Crippen LogP) is 2.87. The Morgan fingerprint density at radius 3 is 2.58 bits per heavy atom. The average molecular weight is 359 g/mol. The number of para-hydroxylation sites is 1. The summed E-state index contributed by atoms with van der Waals surface area (Å²) in [6.07, 6.45) is 0. The second kappa shape index (κ2) is 7.14. The number of hydrogen-bond acceptors (Lipinski definition) is 5. The van der Waals surface area contributed by atoms with E-state index in [4.69, 9.17) is 9.15 Å². The molecule has 1 N–H and O–H groups in total. The number of ether oxygens (including phenoxy) is 1. The zero-order valence-electron chi connectivity index (χ0n) is 13.1. The van der Waals surface area contributed by atoms with Gasteiger partial charge in [-0.05, 0) is 24.3 Å². The van der Waals surface area contributed by atoms with Crippen molar-refractivity contribution in [3.8, 4) is 0 Å². The van der Waals surface area contributed by atoms with Crippen molar-refractivity contribution >= 4 is 28.5 Å². The zero-order valence-corrected chi connectivity index (χ0v) is 13.1. The fourth-order valence-electron chi connectivity index (χ4n) is 2.18. The zero-order chi connectivity index (χ0) is 18.7. The molecule has 1 amide bonds. The molecule has 2 aromatic carbocycles. The molecule has 0 radical (unpaired) electrons. The minimum absolute atomic E-state index is 0.00202. The van der Waals surface area contributed by atoms with Gasteiger partial charge in [0, 0.05) is 17.8 Å². The highest BCUT2D eigenvalue weighted by Gasteiger charge is 2.15. The van der Waals surface area contributed by atoms with Gasteiger partial charge >= 0.3 is 5.97 Å². The Bertz CT molecular complexity index is 1060. The summed E-state index contributed by atoms with van der Waals surface area (Å²) in [6.45, 7) is -0.700. The van der Waals surface area contributed by atoms with Crippen LogP contribution in [0.25, 0.3) is 11.0 Å². The van der Waals surface area contributed by atoms with Gasteiger partial charge in [-0.2, -0.15) is 0 Å². The standard InChI is InChI=1S/C18H11F2NO5/c19-12-6-5-10(7-13(12)20)21-17(23)9-25-18(24)16-8-14(22)11-3-1-2-4-15(11)26-16/h1-8H,9H2,(H,21,23). The number of halogens is 2. The molecule has 0 fully saturated rings. The molecule has 0 unspecified atom stereocenters. The van der Waals surface area contributed by atoms with E-state index >= 15 is 0 Å². The van der Waals surface area contributed by atoms with Crippen molar-refractivity contribution in [3.05, 3.63) is 76.1 Å². The predicted molar refractivity (Wildman–Crippen MR) is 87.8 cm³/mol. The SMILES string of the molecule is O=C(COC(=O)c1cc(=O)c2ccccc2o1)Nc1ccc(F)c(F)c1. The number of amides is 1. The topological polar surface area (TPSA) is 85.6 Å². The first-order valence-corrected chi connectivity index (χ1v) is 7.39. The Balaban J connectivity index is 1.65. The van der Waals surface area contributed by atoms with Crippen molar-refractivity contribution < 1.29 is 27.5 Å². The third-order valence-corrected chi connectivity index (χ3v) is 3.37. The Hall–Kier alpha value is -3.55. The number of benzene rings is 2. The Labute approximate surface area is 145 Å². The molecule has 3 rings (SSSR count). The lowest BCUT2D eigenvalue weighted by Crippen LogP contribution is -2.21. The highest BCUT2D eigenvalue weighted by molar-refractivity contribution is 5.95. The highest BCUT2D eigenvalue weighted by atomic mass is 19.2. The molecular weight excluding hydrogens is 348 g/mol. The molecule has 1 aromatic heterocycles. The van der Waals surface area contributed by atoms with E-state index in [1.165, 1.54) is 6.07 Å². The van der Waals surface area contributed by atoms with Crippen molar-refractivity contribution in [1.82, 2.24) is 0 Å². The van der Waals surface area contributed by atoms with E-state index in [9.17, 15) is 23.2 Å². The van der Waals surface area contributed by atoms with Crippen LogP contribution in [0.3, 0.4) is 0 Å². The fourth-order valence-corrected chi connectivity index (χ4v) is 2.18. The first kappa shape index (κ1) is 17.3. The van der Waals surface area contributed by atoms with E-state index in [0.717, 1.165) is 24.3 Å². The van der Waals surface area contributed by atoms with Gasteiger partial charge in [-0.3, -0.25) is 9.59 Å². The molecule has 8 heteroatoms. The smallest absolute Gasteiger partial charge is 0.374 e. The second-order valence-electron chi connectivity index (χ2n) is 5.22. The molecule has 0 aliphatic heterocycles. The monoisotopic (exact) mass is 359 g/mol. The quantitative estimate of drug-likeness (QED) is 0.724. The van der Waals surface area contributed by atoms with Gasteiger partial charge in [0.15, 0.2) is 23.7 Å². The van der Waals surface area contributed by atoms with Crippen molar-refractivity contribution in [1.29, 1.82) is 0 Å². The number of fused-ring (bicyclic) bond motifs is 1. The fraction of sp³-hybridized carbons (Fsp3) is 0.0556. The van der Waals surface area contributed by atoms with Crippen LogP contribution in [0, 0.1) is 11.6 Å². The minimum atomic E-state index is -1.13. The molecule has 26 heavy (non-hydrogen) atoms. The summed E-state index contributed by atoms with van der Waals surface area (Å²) >= 11 is 0. The van der Waals surface area contributed by atoms with E-state index in [1.807, 2.05) is 0 Å². The first-order valence-electron chi connectivity index (χ1n) is 7.39.